The number of hydrogen-bond acceptors (Lipinski definition) is 3. The Labute approximate surface area is 120 Å². The summed E-state index contributed by atoms with van der Waals surface area (Å²) in [6, 6.07) is 3.54. The minimum Gasteiger partial charge on any atom is -0.326 e. The summed E-state index contributed by atoms with van der Waals surface area (Å²) in [4.78, 5) is 0.0571. The fourth-order valence-corrected chi connectivity index (χ4v) is 3.30. The third-order valence-corrected chi connectivity index (χ3v) is 4.73. The normalized spacial score (nSPS) is 13.4. The SMILES string of the molecule is CCCCCC(C)NS(=O)(=O)c1ccc(F)c(CN)c1. The molecule has 0 saturated carbocycles. The van der Waals surface area contributed by atoms with Crippen molar-refractivity contribution in [1.29, 1.82) is 0 Å². The second kappa shape index (κ2) is 7.71. The minimum atomic E-state index is -3.62. The van der Waals surface area contributed by atoms with Gasteiger partial charge in [-0.05, 0) is 31.5 Å². The Morgan fingerprint density at radius 1 is 1.35 bits per heavy atom. The molecule has 20 heavy (non-hydrogen) atoms. The molecular formula is C14H23FN2O2S. The van der Waals surface area contributed by atoms with Gasteiger partial charge in [0.1, 0.15) is 5.82 Å². The number of benzene rings is 1. The highest BCUT2D eigenvalue weighted by Crippen LogP contribution is 2.16. The zero-order valence-corrected chi connectivity index (χ0v) is 12.8. The Morgan fingerprint density at radius 3 is 2.65 bits per heavy atom. The molecule has 4 nitrogen and oxygen atoms in total. The van der Waals surface area contributed by atoms with E-state index in [2.05, 4.69) is 11.6 Å². The largest absolute Gasteiger partial charge is 0.326 e. The van der Waals surface area contributed by atoms with E-state index in [1.54, 1.807) is 0 Å². The van der Waals surface area contributed by atoms with E-state index in [9.17, 15) is 12.8 Å². The van der Waals surface area contributed by atoms with E-state index in [0.717, 1.165) is 31.7 Å². The van der Waals surface area contributed by atoms with Crippen LogP contribution in [-0.2, 0) is 16.6 Å². The Kier molecular flexibility index (Phi) is 6.58. The van der Waals surface area contributed by atoms with Crippen molar-refractivity contribution in [1.82, 2.24) is 4.72 Å². The number of nitrogens with two attached hydrogens (primary N) is 1. The third-order valence-electron chi connectivity index (χ3n) is 3.14. The first-order valence-corrected chi connectivity index (χ1v) is 8.39. The van der Waals surface area contributed by atoms with Crippen molar-refractivity contribution in [3.63, 3.8) is 0 Å². The summed E-state index contributed by atoms with van der Waals surface area (Å²) in [6.45, 7) is 3.91. The second-order valence-electron chi connectivity index (χ2n) is 4.98. The lowest BCUT2D eigenvalue weighted by molar-refractivity contribution is 0.527. The molecule has 0 saturated heterocycles. The van der Waals surface area contributed by atoms with Gasteiger partial charge in [-0.25, -0.2) is 17.5 Å². The molecule has 0 heterocycles. The monoisotopic (exact) mass is 302 g/mol. The summed E-state index contributed by atoms with van der Waals surface area (Å²) in [5, 5.41) is 0. The van der Waals surface area contributed by atoms with Crippen molar-refractivity contribution < 1.29 is 12.8 Å². The number of sulfonamides is 1. The van der Waals surface area contributed by atoms with Crippen molar-refractivity contribution in [2.75, 3.05) is 0 Å². The maximum atomic E-state index is 13.3. The number of hydrogen-bond donors (Lipinski definition) is 2. The first kappa shape index (κ1) is 17.1. The van der Waals surface area contributed by atoms with Gasteiger partial charge in [-0.15, -0.1) is 0 Å². The number of rotatable bonds is 8. The highest BCUT2D eigenvalue weighted by molar-refractivity contribution is 7.89. The zero-order chi connectivity index (χ0) is 15.2. The van der Waals surface area contributed by atoms with Crippen LogP contribution in [0.5, 0.6) is 0 Å². The van der Waals surface area contributed by atoms with Crippen LogP contribution in [0, 0.1) is 5.82 Å². The van der Waals surface area contributed by atoms with Gasteiger partial charge in [0.2, 0.25) is 10.0 Å². The smallest absolute Gasteiger partial charge is 0.240 e. The van der Waals surface area contributed by atoms with Crippen LogP contribution in [0.1, 0.15) is 45.1 Å². The molecule has 3 N–H and O–H groups in total. The van der Waals surface area contributed by atoms with E-state index in [1.807, 2.05) is 6.92 Å². The molecule has 1 aromatic rings. The van der Waals surface area contributed by atoms with E-state index < -0.39 is 15.8 Å². The zero-order valence-electron chi connectivity index (χ0n) is 12.0. The standard InChI is InChI=1S/C14H23FN2O2S/c1-3-4-5-6-11(2)17-20(18,19)13-7-8-14(15)12(9-13)10-16/h7-9,11,17H,3-6,10,16H2,1-2H3. The average molecular weight is 302 g/mol. The molecule has 6 heteroatoms. The highest BCUT2D eigenvalue weighted by atomic mass is 32.2. The molecule has 0 spiro atoms. The highest BCUT2D eigenvalue weighted by Gasteiger charge is 2.18. The van der Waals surface area contributed by atoms with Gasteiger partial charge in [0, 0.05) is 18.2 Å². The average Bonchev–Trinajstić information content (AvgIpc) is 2.38. The molecule has 114 valence electrons. The molecule has 0 radical (unpaired) electrons. The lowest BCUT2D eigenvalue weighted by atomic mass is 10.1. The minimum absolute atomic E-state index is 0.0265. The molecule has 1 unspecified atom stereocenters. The molecule has 1 aromatic carbocycles. The molecule has 0 fully saturated rings. The van der Waals surface area contributed by atoms with Crippen LogP contribution in [0.4, 0.5) is 4.39 Å². The van der Waals surface area contributed by atoms with Crippen LogP contribution in [0.15, 0.2) is 23.1 Å². The summed E-state index contributed by atoms with van der Waals surface area (Å²) >= 11 is 0. The number of unbranched alkanes of at least 4 members (excludes halogenated alkanes) is 2. The van der Waals surface area contributed by atoms with Crippen molar-refractivity contribution in [3.05, 3.63) is 29.6 Å². The van der Waals surface area contributed by atoms with Gasteiger partial charge in [-0.2, -0.15) is 0 Å². The number of halogens is 1. The fraction of sp³-hybridized carbons (Fsp3) is 0.571. The second-order valence-corrected chi connectivity index (χ2v) is 6.69. The molecule has 0 bridgehead atoms. The maximum Gasteiger partial charge on any atom is 0.240 e. The predicted octanol–water partition coefficient (Wildman–Crippen LogP) is 2.53. The van der Waals surface area contributed by atoms with E-state index in [0.29, 0.717) is 0 Å². The predicted molar refractivity (Wildman–Crippen MR) is 78.2 cm³/mol. The van der Waals surface area contributed by atoms with Crippen LogP contribution in [0.2, 0.25) is 0 Å². The van der Waals surface area contributed by atoms with Crippen molar-refractivity contribution in [2.45, 2.75) is 57.0 Å². The Hall–Kier alpha value is -0.980. The van der Waals surface area contributed by atoms with Gasteiger partial charge in [0.15, 0.2) is 0 Å². The van der Waals surface area contributed by atoms with Crippen LogP contribution in [0.25, 0.3) is 0 Å². The first-order valence-electron chi connectivity index (χ1n) is 6.91. The van der Waals surface area contributed by atoms with Crippen LogP contribution in [0.3, 0.4) is 0 Å². The summed E-state index contributed by atoms with van der Waals surface area (Å²) in [5.41, 5.74) is 5.59. The van der Waals surface area contributed by atoms with Crippen molar-refractivity contribution >= 4 is 10.0 Å². The molecule has 0 aliphatic carbocycles. The molecular weight excluding hydrogens is 279 g/mol. The lowest BCUT2D eigenvalue weighted by Gasteiger charge is -2.14. The van der Waals surface area contributed by atoms with E-state index in [-0.39, 0.29) is 23.0 Å². The van der Waals surface area contributed by atoms with Gasteiger partial charge >= 0.3 is 0 Å². The first-order chi connectivity index (χ1) is 9.40. The summed E-state index contributed by atoms with van der Waals surface area (Å²) in [5.74, 6) is -0.484. The maximum absolute atomic E-state index is 13.3. The van der Waals surface area contributed by atoms with Gasteiger partial charge in [0.05, 0.1) is 4.90 Å². The number of nitrogens with one attached hydrogen (secondary N) is 1. The molecule has 0 aliphatic heterocycles. The Balaban J connectivity index is 2.78. The summed E-state index contributed by atoms with van der Waals surface area (Å²) < 4.78 is 40.3. The fourth-order valence-electron chi connectivity index (χ4n) is 1.97. The molecule has 0 amide bonds. The summed E-state index contributed by atoms with van der Waals surface area (Å²) in [7, 11) is -3.62. The van der Waals surface area contributed by atoms with Crippen molar-refractivity contribution in [3.8, 4) is 0 Å². The van der Waals surface area contributed by atoms with E-state index in [1.165, 1.54) is 12.1 Å². The molecule has 1 rings (SSSR count). The van der Waals surface area contributed by atoms with Crippen molar-refractivity contribution in [2.24, 2.45) is 5.73 Å². The van der Waals surface area contributed by atoms with Gasteiger partial charge in [-0.3, -0.25) is 0 Å². The van der Waals surface area contributed by atoms with Crippen LogP contribution < -0.4 is 10.5 Å². The van der Waals surface area contributed by atoms with Gasteiger partial charge < -0.3 is 5.73 Å². The quantitative estimate of drug-likeness (QED) is 0.725. The molecule has 0 aliphatic rings. The molecule has 0 aromatic heterocycles. The van der Waals surface area contributed by atoms with Crippen LogP contribution in [-0.4, -0.2) is 14.5 Å². The van der Waals surface area contributed by atoms with E-state index in [4.69, 9.17) is 5.73 Å². The van der Waals surface area contributed by atoms with Crippen LogP contribution >= 0.6 is 0 Å². The van der Waals surface area contributed by atoms with E-state index >= 15 is 0 Å². The van der Waals surface area contributed by atoms with Gasteiger partial charge in [0.25, 0.3) is 0 Å². The lowest BCUT2D eigenvalue weighted by Crippen LogP contribution is -2.32. The Morgan fingerprint density at radius 2 is 2.05 bits per heavy atom. The Bertz CT molecular complexity index is 532. The summed E-state index contributed by atoms with van der Waals surface area (Å²) in [6.07, 6.45) is 3.95. The van der Waals surface area contributed by atoms with Gasteiger partial charge in [-0.1, -0.05) is 26.2 Å². The molecule has 1 atom stereocenters. The topological polar surface area (TPSA) is 72.2 Å². The third kappa shape index (κ3) is 4.85.